The number of aryl methyl sites for hydroxylation is 2. The maximum absolute atomic E-state index is 12.1. The molecule has 27 heavy (non-hydrogen) atoms. The van der Waals surface area contributed by atoms with Crippen LogP contribution in [-0.2, 0) is 14.3 Å². The van der Waals surface area contributed by atoms with Crippen molar-refractivity contribution in [2.24, 2.45) is 0 Å². The molecule has 0 aliphatic rings. The molecular formula is C18H21N3O5S. The number of hydrogen-bond acceptors (Lipinski definition) is 7. The van der Waals surface area contributed by atoms with Crippen molar-refractivity contribution in [1.82, 2.24) is 9.88 Å². The number of carbonyl (C=O) groups is 3. The highest BCUT2D eigenvalue weighted by Gasteiger charge is 2.19. The Hall–Kier alpha value is -2.94. The molecule has 144 valence electrons. The first-order chi connectivity index (χ1) is 12.8. The molecule has 2 rings (SSSR count). The van der Waals surface area contributed by atoms with E-state index in [4.69, 9.17) is 9.47 Å². The molecule has 0 fully saturated rings. The molecule has 9 heteroatoms. The van der Waals surface area contributed by atoms with Crippen LogP contribution in [0.3, 0.4) is 0 Å². The molecule has 0 unspecified atom stereocenters. The van der Waals surface area contributed by atoms with E-state index in [1.165, 1.54) is 30.4 Å². The average Bonchev–Trinajstić information content (AvgIpc) is 2.97. The first-order valence-electron chi connectivity index (χ1n) is 8.09. The van der Waals surface area contributed by atoms with E-state index in [0.29, 0.717) is 22.0 Å². The number of likely N-dealkylation sites (N-methyl/N-ethyl adjacent to an activating group) is 1. The molecule has 0 saturated carbocycles. The number of nitrogens with one attached hydrogen (secondary N) is 1. The van der Waals surface area contributed by atoms with Crippen molar-refractivity contribution < 1.29 is 23.9 Å². The van der Waals surface area contributed by atoms with Gasteiger partial charge in [0.05, 0.1) is 24.4 Å². The number of anilines is 1. The number of hydrogen-bond donors (Lipinski definition) is 1. The van der Waals surface area contributed by atoms with E-state index in [2.05, 4.69) is 10.3 Å². The Labute approximate surface area is 161 Å². The largest absolute Gasteiger partial charge is 0.497 e. The highest BCUT2D eigenvalue weighted by Crippen LogP contribution is 2.18. The molecule has 1 aromatic carbocycles. The lowest BCUT2D eigenvalue weighted by atomic mass is 10.3. The second-order valence-electron chi connectivity index (χ2n) is 5.75. The fourth-order valence-electron chi connectivity index (χ4n) is 2.23. The topological polar surface area (TPSA) is 97.8 Å². The number of methoxy groups -OCH3 is 1. The molecule has 1 aromatic heterocycles. The standard InChI is InChI=1S/C18H21N3O5S/c1-11-17(27-12(2)19-11)18(24)26-10-16(23)21(3)9-15(22)20-13-6-5-7-14(8-13)25-4/h5-8H,9-10H2,1-4H3,(H,20,22). The number of aromatic nitrogens is 1. The first kappa shape index (κ1) is 20.4. The van der Waals surface area contributed by atoms with E-state index >= 15 is 0 Å². The summed E-state index contributed by atoms with van der Waals surface area (Å²) in [6, 6.07) is 6.88. The zero-order valence-electron chi connectivity index (χ0n) is 15.6. The summed E-state index contributed by atoms with van der Waals surface area (Å²) in [4.78, 5) is 41.9. The molecule has 0 saturated heterocycles. The highest BCUT2D eigenvalue weighted by atomic mass is 32.1. The molecule has 1 heterocycles. The Balaban J connectivity index is 1.83. The number of carbonyl (C=O) groups excluding carboxylic acids is 3. The van der Waals surface area contributed by atoms with Gasteiger partial charge >= 0.3 is 5.97 Å². The maximum atomic E-state index is 12.1. The van der Waals surface area contributed by atoms with Crippen molar-refractivity contribution in [2.75, 3.05) is 32.6 Å². The van der Waals surface area contributed by atoms with E-state index in [-0.39, 0.29) is 12.5 Å². The van der Waals surface area contributed by atoms with Gasteiger partial charge in [0.2, 0.25) is 5.91 Å². The molecule has 2 aromatic rings. The summed E-state index contributed by atoms with van der Waals surface area (Å²) in [5, 5.41) is 3.42. The minimum atomic E-state index is -0.597. The van der Waals surface area contributed by atoms with E-state index in [1.54, 1.807) is 38.1 Å². The quantitative estimate of drug-likeness (QED) is 0.725. The van der Waals surface area contributed by atoms with Gasteiger partial charge in [0.15, 0.2) is 6.61 Å². The zero-order chi connectivity index (χ0) is 20.0. The van der Waals surface area contributed by atoms with Gasteiger partial charge in [-0.2, -0.15) is 0 Å². The molecule has 0 radical (unpaired) electrons. The Morgan fingerprint density at radius 1 is 1.26 bits per heavy atom. The molecule has 0 aliphatic heterocycles. The van der Waals surface area contributed by atoms with Crippen LogP contribution in [0.15, 0.2) is 24.3 Å². The van der Waals surface area contributed by atoms with Crippen molar-refractivity contribution >= 4 is 34.8 Å². The Bertz CT molecular complexity index is 849. The zero-order valence-corrected chi connectivity index (χ0v) is 16.4. The normalized spacial score (nSPS) is 10.2. The van der Waals surface area contributed by atoms with E-state index < -0.39 is 18.5 Å². The molecule has 2 amide bonds. The van der Waals surface area contributed by atoms with E-state index in [1.807, 2.05) is 0 Å². The number of esters is 1. The predicted molar refractivity (Wildman–Crippen MR) is 101 cm³/mol. The van der Waals surface area contributed by atoms with Gasteiger partial charge in [-0.25, -0.2) is 9.78 Å². The third kappa shape index (κ3) is 5.78. The van der Waals surface area contributed by atoms with Crippen LogP contribution in [0, 0.1) is 13.8 Å². The second kappa shape index (κ2) is 9.13. The lowest BCUT2D eigenvalue weighted by molar-refractivity contribution is -0.136. The summed E-state index contributed by atoms with van der Waals surface area (Å²) in [7, 11) is 2.99. The third-order valence-electron chi connectivity index (χ3n) is 3.58. The van der Waals surface area contributed by atoms with Crippen LogP contribution in [0.2, 0.25) is 0 Å². The van der Waals surface area contributed by atoms with Crippen molar-refractivity contribution in [3.8, 4) is 5.75 Å². The average molecular weight is 391 g/mol. The summed E-state index contributed by atoms with van der Waals surface area (Å²) in [5.41, 5.74) is 1.13. The summed E-state index contributed by atoms with van der Waals surface area (Å²) < 4.78 is 10.1. The molecule has 0 bridgehead atoms. The number of ether oxygens (including phenoxy) is 2. The summed E-state index contributed by atoms with van der Waals surface area (Å²) in [6.45, 7) is 2.87. The van der Waals surface area contributed by atoms with Gasteiger partial charge in [0.25, 0.3) is 5.91 Å². The minimum absolute atomic E-state index is 0.174. The minimum Gasteiger partial charge on any atom is -0.497 e. The first-order valence-corrected chi connectivity index (χ1v) is 8.91. The molecular weight excluding hydrogens is 370 g/mol. The van der Waals surface area contributed by atoms with Gasteiger partial charge in [-0.05, 0) is 26.0 Å². The van der Waals surface area contributed by atoms with Crippen LogP contribution in [0.5, 0.6) is 5.75 Å². The smallest absolute Gasteiger partial charge is 0.350 e. The highest BCUT2D eigenvalue weighted by molar-refractivity contribution is 7.13. The molecule has 1 N–H and O–H groups in total. The van der Waals surface area contributed by atoms with Crippen molar-refractivity contribution in [3.63, 3.8) is 0 Å². The lowest BCUT2D eigenvalue weighted by Gasteiger charge is -2.17. The van der Waals surface area contributed by atoms with Crippen LogP contribution in [0.4, 0.5) is 5.69 Å². The van der Waals surface area contributed by atoms with Crippen molar-refractivity contribution in [1.29, 1.82) is 0 Å². The molecule has 8 nitrogen and oxygen atoms in total. The molecule has 0 atom stereocenters. The Kier molecular flexibility index (Phi) is 6.89. The monoisotopic (exact) mass is 391 g/mol. The summed E-state index contributed by atoms with van der Waals surface area (Å²) in [6.07, 6.45) is 0. The molecule has 0 spiro atoms. The number of rotatable bonds is 7. The number of thiazole rings is 1. The number of benzene rings is 1. The fourth-order valence-corrected chi connectivity index (χ4v) is 3.04. The number of amides is 2. The van der Waals surface area contributed by atoms with E-state index in [0.717, 1.165) is 5.01 Å². The van der Waals surface area contributed by atoms with Crippen LogP contribution in [-0.4, -0.2) is 55.0 Å². The summed E-state index contributed by atoms with van der Waals surface area (Å²) >= 11 is 1.21. The third-order valence-corrected chi connectivity index (χ3v) is 4.63. The van der Waals surface area contributed by atoms with Gasteiger partial charge in [-0.1, -0.05) is 6.07 Å². The molecule has 0 aliphatic carbocycles. The van der Waals surface area contributed by atoms with Gasteiger partial charge in [-0.15, -0.1) is 11.3 Å². The van der Waals surface area contributed by atoms with Crippen LogP contribution >= 0.6 is 11.3 Å². The second-order valence-corrected chi connectivity index (χ2v) is 6.96. The van der Waals surface area contributed by atoms with Gasteiger partial charge in [-0.3, -0.25) is 9.59 Å². The predicted octanol–water partition coefficient (Wildman–Crippen LogP) is 2.02. The van der Waals surface area contributed by atoms with Crippen molar-refractivity contribution in [2.45, 2.75) is 13.8 Å². The number of nitrogens with zero attached hydrogens (tertiary/aromatic N) is 2. The lowest BCUT2D eigenvalue weighted by Crippen LogP contribution is -2.37. The van der Waals surface area contributed by atoms with Gasteiger partial charge in [0.1, 0.15) is 10.6 Å². The fraction of sp³-hybridized carbons (Fsp3) is 0.333. The van der Waals surface area contributed by atoms with E-state index in [9.17, 15) is 14.4 Å². The van der Waals surface area contributed by atoms with Gasteiger partial charge < -0.3 is 19.7 Å². The van der Waals surface area contributed by atoms with Gasteiger partial charge in [0, 0.05) is 18.8 Å². The Morgan fingerprint density at radius 3 is 2.63 bits per heavy atom. The Morgan fingerprint density at radius 2 is 2.00 bits per heavy atom. The van der Waals surface area contributed by atoms with Crippen molar-refractivity contribution in [3.05, 3.63) is 39.8 Å². The SMILES string of the molecule is COc1cccc(NC(=O)CN(C)C(=O)COC(=O)c2sc(C)nc2C)c1. The summed E-state index contributed by atoms with van der Waals surface area (Å²) in [5.74, 6) is -0.846. The van der Waals surface area contributed by atoms with Crippen LogP contribution < -0.4 is 10.1 Å². The maximum Gasteiger partial charge on any atom is 0.350 e. The van der Waals surface area contributed by atoms with Crippen LogP contribution in [0.1, 0.15) is 20.4 Å². The van der Waals surface area contributed by atoms with Crippen LogP contribution in [0.25, 0.3) is 0 Å².